The first-order valence-electron chi connectivity index (χ1n) is 6.95. The number of fused-ring (bicyclic) bond motifs is 1. The van der Waals surface area contributed by atoms with Gasteiger partial charge in [-0.3, -0.25) is 4.99 Å². The van der Waals surface area contributed by atoms with Crippen molar-refractivity contribution in [3.05, 3.63) is 47.1 Å². The summed E-state index contributed by atoms with van der Waals surface area (Å²) in [5.41, 5.74) is 3.75. The Morgan fingerprint density at radius 2 is 2.10 bits per heavy atom. The van der Waals surface area contributed by atoms with Crippen LogP contribution in [-0.2, 0) is 6.42 Å². The van der Waals surface area contributed by atoms with Crippen molar-refractivity contribution in [3.8, 4) is 0 Å². The fraction of sp³-hybridized carbons (Fsp3) is 0.312. The molecule has 1 aromatic heterocycles. The first-order chi connectivity index (χ1) is 10.1. The van der Waals surface area contributed by atoms with E-state index >= 15 is 0 Å². The molecule has 0 saturated carbocycles. The van der Waals surface area contributed by atoms with Crippen LogP contribution in [-0.4, -0.2) is 31.1 Å². The van der Waals surface area contributed by atoms with Gasteiger partial charge < -0.3 is 15.6 Å². The number of aryl methyl sites for hydroxylation is 1. The van der Waals surface area contributed by atoms with Gasteiger partial charge in [-0.05, 0) is 25.0 Å². The van der Waals surface area contributed by atoms with Crippen molar-refractivity contribution in [2.75, 3.05) is 20.1 Å². The second-order valence-electron chi connectivity index (χ2n) is 4.89. The molecule has 5 heteroatoms. The predicted molar refractivity (Wildman–Crippen MR) is 91.1 cm³/mol. The molecule has 21 heavy (non-hydrogen) atoms. The second-order valence-corrected chi connectivity index (χ2v) is 5.43. The molecule has 0 aliphatic rings. The summed E-state index contributed by atoms with van der Waals surface area (Å²) in [5, 5.41) is 8.23. The lowest BCUT2D eigenvalue weighted by Gasteiger charge is -2.11. The molecule has 1 aromatic carbocycles. The SMILES string of the molecule is C=C(Cl)CNC(=NC)NCCc1c(C)[nH]c2ccccc12. The summed E-state index contributed by atoms with van der Waals surface area (Å²) in [6.45, 7) is 7.07. The molecule has 0 fully saturated rings. The van der Waals surface area contributed by atoms with Gasteiger partial charge in [0.2, 0.25) is 0 Å². The molecule has 4 nitrogen and oxygen atoms in total. The summed E-state index contributed by atoms with van der Waals surface area (Å²) in [5.74, 6) is 0.731. The third-order valence-corrected chi connectivity index (χ3v) is 3.50. The molecule has 0 amide bonds. The molecule has 0 aliphatic heterocycles. The van der Waals surface area contributed by atoms with Crippen LogP contribution in [0.15, 0.2) is 40.9 Å². The molecule has 0 unspecified atom stereocenters. The van der Waals surface area contributed by atoms with E-state index < -0.39 is 0 Å². The van der Waals surface area contributed by atoms with Gasteiger partial charge in [-0.2, -0.15) is 0 Å². The molecule has 1 heterocycles. The van der Waals surface area contributed by atoms with Crippen LogP contribution in [0.4, 0.5) is 0 Å². The molecule has 0 aliphatic carbocycles. The molecule has 2 aromatic rings. The number of benzene rings is 1. The summed E-state index contributed by atoms with van der Waals surface area (Å²) < 4.78 is 0. The normalized spacial score (nSPS) is 11.7. The van der Waals surface area contributed by atoms with Gasteiger partial charge in [0.05, 0.1) is 6.54 Å². The molecule has 0 radical (unpaired) electrons. The van der Waals surface area contributed by atoms with Crippen molar-refractivity contribution in [2.45, 2.75) is 13.3 Å². The van der Waals surface area contributed by atoms with Crippen LogP contribution >= 0.6 is 11.6 Å². The number of aliphatic imine (C=N–C) groups is 1. The van der Waals surface area contributed by atoms with Gasteiger partial charge in [0, 0.05) is 35.2 Å². The summed E-state index contributed by atoms with van der Waals surface area (Å²) in [4.78, 5) is 7.57. The lowest BCUT2D eigenvalue weighted by Crippen LogP contribution is -2.38. The maximum absolute atomic E-state index is 5.74. The quantitative estimate of drug-likeness (QED) is 0.587. The fourth-order valence-corrected chi connectivity index (χ4v) is 2.43. The van der Waals surface area contributed by atoms with Gasteiger partial charge in [-0.15, -0.1) is 0 Å². The zero-order valence-electron chi connectivity index (χ0n) is 12.5. The van der Waals surface area contributed by atoms with E-state index in [-0.39, 0.29) is 0 Å². The Morgan fingerprint density at radius 3 is 2.81 bits per heavy atom. The Balaban J connectivity index is 1.96. The molecule has 2 rings (SSSR count). The number of H-pyrrole nitrogens is 1. The summed E-state index contributed by atoms with van der Waals surface area (Å²) in [6, 6.07) is 8.37. The highest BCUT2D eigenvalue weighted by molar-refractivity contribution is 6.29. The van der Waals surface area contributed by atoms with Crippen LogP contribution in [0.1, 0.15) is 11.3 Å². The van der Waals surface area contributed by atoms with Gasteiger partial charge in [-0.25, -0.2) is 0 Å². The number of nitrogens with one attached hydrogen (secondary N) is 3. The summed E-state index contributed by atoms with van der Waals surface area (Å²) >= 11 is 5.74. The molecule has 0 atom stereocenters. The Labute approximate surface area is 130 Å². The summed E-state index contributed by atoms with van der Waals surface area (Å²) in [7, 11) is 1.74. The van der Waals surface area contributed by atoms with Crippen LogP contribution < -0.4 is 10.6 Å². The van der Waals surface area contributed by atoms with E-state index in [4.69, 9.17) is 11.6 Å². The zero-order valence-corrected chi connectivity index (χ0v) is 13.2. The van der Waals surface area contributed by atoms with E-state index in [1.807, 2.05) is 6.07 Å². The number of aromatic nitrogens is 1. The van der Waals surface area contributed by atoms with Crippen molar-refractivity contribution in [1.29, 1.82) is 0 Å². The number of nitrogens with zero attached hydrogens (tertiary/aromatic N) is 1. The first-order valence-corrected chi connectivity index (χ1v) is 7.33. The molecule has 3 N–H and O–H groups in total. The minimum atomic E-state index is 0.507. The minimum absolute atomic E-state index is 0.507. The minimum Gasteiger partial charge on any atom is -0.358 e. The van der Waals surface area contributed by atoms with Crippen molar-refractivity contribution < 1.29 is 0 Å². The Hall–Kier alpha value is -1.94. The fourth-order valence-electron chi connectivity index (χ4n) is 2.36. The van der Waals surface area contributed by atoms with E-state index in [2.05, 4.69) is 52.3 Å². The van der Waals surface area contributed by atoms with Gasteiger partial charge >= 0.3 is 0 Å². The number of rotatable bonds is 5. The van der Waals surface area contributed by atoms with Gasteiger partial charge in [0.15, 0.2) is 5.96 Å². The van der Waals surface area contributed by atoms with Crippen molar-refractivity contribution in [1.82, 2.24) is 15.6 Å². The molecular formula is C16H21ClN4. The highest BCUT2D eigenvalue weighted by atomic mass is 35.5. The second kappa shape index (κ2) is 7.18. The topological polar surface area (TPSA) is 52.2 Å². The van der Waals surface area contributed by atoms with Crippen molar-refractivity contribution in [3.63, 3.8) is 0 Å². The standard InChI is InChI=1S/C16H21ClN4/c1-11(17)10-20-16(18-3)19-9-8-13-12(2)21-15-7-5-4-6-14(13)15/h4-7,21H,1,8-10H2,2-3H3,(H2,18,19,20). The van der Waals surface area contributed by atoms with Crippen LogP contribution in [0.25, 0.3) is 10.9 Å². The van der Waals surface area contributed by atoms with Gasteiger partial charge in [-0.1, -0.05) is 36.4 Å². The van der Waals surface area contributed by atoms with Crippen molar-refractivity contribution >= 4 is 28.5 Å². The Bertz CT molecular complexity index is 657. The lowest BCUT2D eigenvalue weighted by atomic mass is 10.1. The lowest BCUT2D eigenvalue weighted by molar-refractivity contribution is 0.819. The number of halogens is 1. The average molecular weight is 305 g/mol. The smallest absolute Gasteiger partial charge is 0.191 e. The van der Waals surface area contributed by atoms with Crippen LogP contribution in [0.3, 0.4) is 0 Å². The number of aromatic amines is 1. The van der Waals surface area contributed by atoms with Crippen LogP contribution in [0, 0.1) is 6.92 Å². The monoisotopic (exact) mass is 304 g/mol. The van der Waals surface area contributed by atoms with Gasteiger partial charge in [0.1, 0.15) is 0 Å². The number of hydrogen-bond acceptors (Lipinski definition) is 1. The summed E-state index contributed by atoms with van der Waals surface area (Å²) in [6.07, 6.45) is 0.929. The number of hydrogen-bond donors (Lipinski definition) is 3. The zero-order chi connectivity index (χ0) is 15.2. The molecule has 0 bridgehead atoms. The van der Waals surface area contributed by atoms with Crippen LogP contribution in [0.2, 0.25) is 0 Å². The van der Waals surface area contributed by atoms with E-state index in [0.29, 0.717) is 11.6 Å². The van der Waals surface area contributed by atoms with Gasteiger partial charge in [0.25, 0.3) is 0 Å². The van der Waals surface area contributed by atoms with E-state index in [0.717, 1.165) is 18.9 Å². The maximum Gasteiger partial charge on any atom is 0.191 e. The largest absolute Gasteiger partial charge is 0.358 e. The molecule has 0 saturated heterocycles. The Kier molecular flexibility index (Phi) is 5.28. The van der Waals surface area contributed by atoms with Crippen LogP contribution in [0.5, 0.6) is 0 Å². The Morgan fingerprint density at radius 1 is 1.33 bits per heavy atom. The third-order valence-electron chi connectivity index (χ3n) is 3.37. The third kappa shape index (κ3) is 4.02. The van der Waals surface area contributed by atoms with E-state index in [9.17, 15) is 0 Å². The number of para-hydroxylation sites is 1. The average Bonchev–Trinajstić information content (AvgIpc) is 2.78. The predicted octanol–water partition coefficient (Wildman–Crippen LogP) is 2.94. The molecule has 112 valence electrons. The van der Waals surface area contributed by atoms with Crippen molar-refractivity contribution in [2.24, 2.45) is 4.99 Å². The highest BCUT2D eigenvalue weighted by Crippen LogP contribution is 2.21. The van der Waals surface area contributed by atoms with E-state index in [1.165, 1.54) is 22.2 Å². The number of guanidine groups is 1. The molecule has 0 spiro atoms. The molecular weight excluding hydrogens is 284 g/mol. The maximum atomic E-state index is 5.74. The van der Waals surface area contributed by atoms with E-state index in [1.54, 1.807) is 7.05 Å². The first kappa shape index (κ1) is 15.4. The highest BCUT2D eigenvalue weighted by Gasteiger charge is 2.07.